The molecule has 0 amide bonds. The SMILES string of the molecule is [N-]=[N+]=NCCOCCOCCOCCOc1ccc2c(c1)N(Cc1ccccc1)[C]N2Cc1ccccc1. The lowest BCUT2D eigenvalue weighted by Gasteiger charge is -2.19. The lowest BCUT2D eigenvalue weighted by molar-refractivity contribution is 0.0106. The monoisotopic (exact) mass is 515 g/mol. The van der Waals surface area contributed by atoms with Gasteiger partial charge in [0.15, 0.2) is 0 Å². The molecule has 1 aliphatic heterocycles. The Bertz CT molecular complexity index is 1140. The number of rotatable bonds is 17. The van der Waals surface area contributed by atoms with Crippen molar-refractivity contribution in [3.05, 3.63) is 107 Å². The van der Waals surface area contributed by atoms with Gasteiger partial charge in [-0.3, -0.25) is 0 Å². The van der Waals surface area contributed by atoms with Crippen molar-refractivity contribution in [2.45, 2.75) is 13.1 Å². The molecule has 0 saturated heterocycles. The van der Waals surface area contributed by atoms with E-state index >= 15 is 0 Å². The van der Waals surface area contributed by atoms with Gasteiger partial charge in [-0.2, -0.15) is 0 Å². The molecule has 0 bridgehead atoms. The summed E-state index contributed by atoms with van der Waals surface area (Å²) >= 11 is 0. The van der Waals surface area contributed by atoms with Crippen LogP contribution in [0.5, 0.6) is 5.75 Å². The maximum atomic E-state index is 8.19. The highest BCUT2D eigenvalue weighted by atomic mass is 16.6. The number of anilines is 2. The van der Waals surface area contributed by atoms with Crippen LogP contribution in [0.2, 0.25) is 0 Å². The molecule has 0 unspecified atom stereocenters. The van der Waals surface area contributed by atoms with Crippen LogP contribution in [0, 0.1) is 6.67 Å². The summed E-state index contributed by atoms with van der Waals surface area (Å²) in [6, 6.07) is 27.0. The molecule has 0 spiro atoms. The summed E-state index contributed by atoms with van der Waals surface area (Å²) in [5, 5.41) is 3.40. The van der Waals surface area contributed by atoms with Gasteiger partial charge in [-0.05, 0) is 28.8 Å². The zero-order valence-electron chi connectivity index (χ0n) is 21.4. The van der Waals surface area contributed by atoms with Gasteiger partial charge in [0.2, 0.25) is 6.67 Å². The van der Waals surface area contributed by atoms with Crippen LogP contribution in [-0.2, 0) is 27.3 Å². The standard InChI is InChI=1S/C29H33N5O4/c30-32-31-13-14-35-15-16-36-17-18-37-19-20-38-27-11-12-28-29(21-27)34(23-26-9-5-2-6-10-26)24-33(28)22-25-7-3-1-4-8-25/h1-12,21H,13-20,22-23H2. The second kappa shape index (κ2) is 15.5. The molecule has 198 valence electrons. The molecule has 3 aromatic carbocycles. The Morgan fingerprint density at radius 1 is 0.658 bits per heavy atom. The first-order valence-electron chi connectivity index (χ1n) is 12.7. The summed E-state index contributed by atoms with van der Waals surface area (Å²) in [4.78, 5) is 6.97. The molecule has 9 heteroatoms. The van der Waals surface area contributed by atoms with Crippen molar-refractivity contribution < 1.29 is 18.9 Å². The van der Waals surface area contributed by atoms with Crippen LogP contribution in [0.25, 0.3) is 10.4 Å². The minimum absolute atomic E-state index is 0.331. The Balaban J connectivity index is 1.23. The van der Waals surface area contributed by atoms with E-state index < -0.39 is 0 Å². The van der Waals surface area contributed by atoms with Gasteiger partial charge >= 0.3 is 0 Å². The number of hydrogen-bond donors (Lipinski definition) is 0. The van der Waals surface area contributed by atoms with E-state index in [2.05, 4.69) is 87.2 Å². The molecule has 3 aromatic rings. The lowest BCUT2D eigenvalue weighted by atomic mass is 10.2. The fraction of sp³-hybridized carbons (Fsp3) is 0.345. The molecule has 0 N–H and O–H groups in total. The average Bonchev–Trinajstić information content (AvgIpc) is 3.28. The Kier molecular flexibility index (Phi) is 11.1. The summed E-state index contributed by atoms with van der Waals surface area (Å²) in [5.41, 5.74) is 12.8. The molecule has 0 aromatic heterocycles. The fourth-order valence-corrected chi connectivity index (χ4v) is 3.97. The Hall–Kier alpha value is -3.75. The molecule has 1 heterocycles. The number of fused-ring (bicyclic) bond motifs is 1. The van der Waals surface area contributed by atoms with Crippen LogP contribution in [0.3, 0.4) is 0 Å². The number of hydrogen-bond acceptors (Lipinski definition) is 7. The molecule has 4 rings (SSSR count). The predicted molar refractivity (Wildman–Crippen MR) is 147 cm³/mol. The highest BCUT2D eigenvalue weighted by Crippen LogP contribution is 2.42. The van der Waals surface area contributed by atoms with Crippen LogP contribution in [0.1, 0.15) is 11.1 Å². The molecular formula is C29H33N5O4. The molecule has 0 aliphatic carbocycles. The third-order valence-corrected chi connectivity index (χ3v) is 5.78. The van der Waals surface area contributed by atoms with Crippen molar-refractivity contribution in [2.24, 2.45) is 5.11 Å². The first-order chi connectivity index (χ1) is 18.8. The highest BCUT2D eigenvalue weighted by molar-refractivity contribution is 5.80. The van der Waals surface area contributed by atoms with Crippen LogP contribution >= 0.6 is 0 Å². The minimum atomic E-state index is 0.331. The van der Waals surface area contributed by atoms with E-state index in [1.807, 2.05) is 18.2 Å². The minimum Gasteiger partial charge on any atom is -0.491 e. The number of benzene rings is 3. The van der Waals surface area contributed by atoms with Crippen LogP contribution in [-0.4, -0.2) is 52.8 Å². The van der Waals surface area contributed by atoms with E-state index in [1.54, 1.807) is 0 Å². The Morgan fingerprint density at radius 3 is 1.82 bits per heavy atom. The molecule has 1 aliphatic rings. The van der Waals surface area contributed by atoms with Crippen molar-refractivity contribution in [3.63, 3.8) is 0 Å². The fourth-order valence-electron chi connectivity index (χ4n) is 3.97. The Labute approximate surface area is 224 Å². The van der Waals surface area contributed by atoms with Crippen molar-refractivity contribution in [1.29, 1.82) is 0 Å². The summed E-state index contributed by atoms with van der Waals surface area (Å²) < 4.78 is 22.3. The van der Waals surface area contributed by atoms with E-state index in [-0.39, 0.29) is 0 Å². The maximum Gasteiger partial charge on any atom is 0.209 e. The van der Waals surface area contributed by atoms with Gasteiger partial charge < -0.3 is 28.7 Å². The summed E-state index contributed by atoms with van der Waals surface area (Å²) in [5.74, 6) is 0.794. The quantitative estimate of drug-likeness (QED) is 0.103. The van der Waals surface area contributed by atoms with Crippen LogP contribution in [0.15, 0.2) is 84.0 Å². The number of ether oxygens (including phenoxy) is 4. The second-order valence-corrected chi connectivity index (χ2v) is 8.53. The Morgan fingerprint density at radius 2 is 1.21 bits per heavy atom. The van der Waals surface area contributed by atoms with Gasteiger partial charge in [-0.15, -0.1) is 0 Å². The van der Waals surface area contributed by atoms with E-state index in [0.29, 0.717) is 52.8 Å². The van der Waals surface area contributed by atoms with Crippen molar-refractivity contribution >= 4 is 11.4 Å². The van der Waals surface area contributed by atoms with Gasteiger partial charge in [-0.1, -0.05) is 65.8 Å². The second-order valence-electron chi connectivity index (χ2n) is 8.53. The third kappa shape index (κ3) is 8.68. The molecule has 38 heavy (non-hydrogen) atoms. The molecule has 0 fully saturated rings. The van der Waals surface area contributed by atoms with Gasteiger partial charge in [0.25, 0.3) is 0 Å². The van der Waals surface area contributed by atoms with Crippen molar-refractivity contribution in [3.8, 4) is 5.75 Å². The summed E-state index contributed by atoms with van der Waals surface area (Å²) in [6.07, 6.45) is 0. The normalized spacial score (nSPS) is 12.3. The molecule has 0 atom stereocenters. The van der Waals surface area contributed by atoms with Crippen LogP contribution in [0.4, 0.5) is 11.4 Å². The van der Waals surface area contributed by atoms with E-state index in [1.165, 1.54) is 11.1 Å². The maximum absolute atomic E-state index is 8.19. The van der Waals surface area contributed by atoms with Crippen molar-refractivity contribution in [1.82, 2.24) is 0 Å². The van der Waals surface area contributed by atoms with E-state index in [0.717, 1.165) is 30.2 Å². The topological polar surface area (TPSA) is 92.2 Å². The van der Waals surface area contributed by atoms with Gasteiger partial charge in [-0.25, -0.2) is 0 Å². The number of nitrogens with zero attached hydrogens (tertiary/aromatic N) is 5. The highest BCUT2D eigenvalue weighted by Gasteiger charge is 2.28. The summed E-state index contributed by atoms with van der Waals surface area (Å²) in [6.45, 7) is 8.55. The van der Waals surface area contributed by atoms with Gasteiger partial charge in [0, 0.05) is 30.6 Å². The molecule has 9 nitrogen and oxygen atoms in total. The largest absolute Gasteiger partial charge is 0.491 e. The lowest BCUT2D eigenvalue weighted by Crippen LogP contribution is -2.24. The molecular weight excluding hydrogens is 482 g/mol. The van der Waals surface area contributed by atoms with Crippen LogP contribution < -0.4 is 14.5 Å². The first-order valence-corrected chi connectivity index (χ1v) is 12.7. The van der Waals surface area contributed by atoms with Crippen molar-refractivity contribution in [2.75, 3.05) is 62.6 Å². The third-order valence-electron chi connectivity index (χ3n) is 5.78. The van der Waals surface area contributed by atoms with Gasteiger partial charge in [0.05, 0.1) is 51.0 Å². The average molecular weight is 516 g/mol. The zero-order chi connectivity index (χ0) is 26.3. The van der Waals surface area contributed by atoms with E-state index in [4.69, 9.17) is 24.5 Å². The summed E-state index contributed by atoms with van der Waals surface area (Å²) in [7, 11) is 0. The smallest absolute Gasteiger partial charge is 0.209 e. The molecule has 0 saturated carbocycles. The van der Waals surface area contributed by atoms with E-state index in [9.17, 15) is 0 Å². The zero-order valence-corrected chi connectivity index (χ0v) is 21.4. The number of azide groups is 1. The van der Waals surface area contributed by atoms with Gasteiger partial charge in [0.1, 0.15) is 12.4 Å². The predicted octanol–water partition coefficient (Wildman–Crippen LogP) is 5.45. The molecule has 2 radical (unpaired) electrons. The first kappa shape index (κ1) is 27.3.